The summed E-state index contributed by atoms with van der Waals surface area (Å²) in [5, 5.41) is 20.4. The number of hydrogen-bond donors (Lipinski definition) is 1. The first-order valence-electron chi connectivity index (χ1n) is 4.68. The molecular weight excluding hydrogens is 212 g/mol. The molecule has 0 radical (unpaired) electrons. The van der Waals surface area contributed by atoms with Crippen molar-refractivity contribution in [3.05, 3.63) is 18.0 Å². The van der Waals surface area contributed by atoms with Gasteiger partial charge >= 0.3 is 5.97 Å². The number of carboxylic acid groups (broad SMARTS) is 1. The van der Waals surface area contributed by atoms with Crippen LogP contribution in [0.5, 0.6) is 5.88 Å². The molecule has 0 aliphatic rings. The van der Waals surface area contributed by atoms with Crippen molar-refractivity contribution in [1.82, 2.24) is 19.8 Å². The number of ether oxygens (including phenoxy) is 1. The minimum absolute atomic E-state index is 0.000314. The maximum Gasteiger partial charge on any atom is 0.303 e. The van der Waals surface area contributed by atoms with E-state index in [4.69, 9.17) is 9.84 Å². The summed E-state index contributed by atoms with van der Waals surface area (Å²) in [5.74, 6) is 0.0693. The Morgan fingerprint density at radius 1 is 1.50 bits per heavy atom. The number of carboxylic acids is 1. The van der Waals surface area contributed by atoms with Crippen LogP contribution in [0.4, 0.5) is 0 Å². The molecule has 7 heteroatoms. The predicted molar refractivity (Wildman–Crippen MR) is 53.3 cm³/mol. The lowest BCUT2D eigenvalue weighted by Gasteiger charge is -2.00. The molecule has 2 aromatic rings. The maximum atomic E-state index is 10.5. The summed E-state index contributed by atoms with van der Waals surface area (Å²) in [6, 6.07) is 3.38. The van der Waals surface area contributed by atoms with Gasteiger partial charge in [-0.1, -0.05) is 0 Å². The molecule has 84 valence electrons. The molecule has 0 atom stereocenters. The van der Waals surface area contributed by atoms with Crippen molar-refractivity contribution in [2.24, 2.45) is 0 Å². The first-order chi connectivity index (χ1) is 7.70. The van der Waals surface area contributed by atoms with Crippen molar-refractivity contribution in [2.45, 2.75) is 12.8 Å². The molecule has 0 unspecified atom stereocenters. The third-order valence-corrected chi connectivity index (χ3v) is 2.07. The first-order valence-corrected chi connectivity index (χ1v) is 4.68. The highest BCUT2D eigenvalue weighted by Crippen LogP contribution is 2.09. The largest absolute Gasteiger partial charge is 0.481 e. The van der Waals surface area contributed by atoms with E-state index in [1.165, 1.54) is 11.6 Å². The monoisotopic (exact) mass is 222 g/mol. The third kappa shape index (κ3) is 1.92. The Balaban J connectivity index is 2.34. The summed E-state index contributed by atoms with van der Waals surface area (Å²) in [5.41, 5.74) is 0.571. The number of rotatable bonds is 4. The maximum absolute atomic E-state index is 10.5. The Morgan fingerprint density at radius 3 is 3.00 bits per heavy atom. The van der Waals surface area contributed by atoms with Crippen LogP contribution in [-0.2, 0) is 11.2 Å². The van der Waals surface area contributed by atoms with Crippen molar-refractivity contribution in [1.29, 1.82) is 0 Å². The Hall–Kier alpha value is -2.18. The van der Waals surface area contributed by atoms with Gasteiger partial charge in [0, 0.05) is 12.5 Å². The molecule has 0 bridgehead atoms. The molecule has 0 spiro atoms. The van der Waals surface area contributed by atoms with Crippen molar-refractivity contribution in [3.8, 4) is 5.88 Å². The fourth-order valence-electron chi connectivity index (χ4n) is 1.30. The van der Waals surface area contributed by atoms with E-state index < -0.39 is 5.97 Å². The van der Waals surface area contributed by atoms with Crippen LogP contribution < -0.4 is 4.74 Å². The standard InChI is InChI=1S/C9H10N4O3/c1-16-8-4-2-6-10-11-7(13(6)12-8)3-5-9(14)15/h2,4H,3,5H2,1H3,(H,14,15). The highest BCUT2D eigenvalue weighted by Gasteiger charge is 2.09. The Labute approximate surface area is 90.7 Å². The summed E-state index contributed by atoms with van der Waals surface area (Å²) >= 11 is 0. The molecule has 7 nitrogen and oxygen atoms in total. The number of carbonyl (C=O) groups is 1. The van der Waals surface area contributed by atoms with Crippen LogP contribution >= 0.6 is 0 Å². The van der Waals surface area contributed by atoms with Crippen LogP contribution in [0.1, 0.15) is 12.2 Å². The van der Waals surface area contributed by atoms with Crippen molar-refractivity contribution < 1.29 is 14.6 Å². The molecule has 0 fully saturated rings. The van der Waals surface area contributed by atoms with Gasteiger partial charge in [0.15, 0.2) is 11.5 Å². The van der Waals surface area contributed by atoms with E-state index in [2.05, 4.69) is 15.3 Å². The fraction of sp³-hybridized carbons (Fsp3) is 0.333. The number of aryl methyl sites for hydroxylation is 1. The number of fused-ring (bicyclic) bond motifs is 1. The van der Waals surface area contributed by atoms with Gasteiger partial charge in [-0.3, -0.25) is 4.79 Å². The second-order valence-electron chi connectivity index (χ2n) is 3.16. The Morgan fingerprint density at radius 2 is 2.31 bits per heavy atom. The quantitative estimate of drug-likeness (QED) is 0.791. The lowest BCUT2D eigenvalue weighted by molar-refractivity contribution is -0.137. The molecule has 0 saturated carbocycles. The first kappa shape index (κ1) is 10.3. The molecule has 16 heavy (non-hydrogen) atoms. The van der Waals surface area contributed by atoms with Gasteiger partial charge in [0.25, 0.3) is 0 Å². The van der Waals surface area contributed by atoms with E-state index in [0.717, 1.165) is 0 Å². The van der Waals surface area contributed by atoms with E-state index >= 15 is 0 Å². The highest BCUT2D eigenvalue weighted by atomic mass is 16.5. The lowest BCUT2D eigenvalue weighted by atomic mass is 10.3. The Kier molecular flexibility index (Phi) is 2.67. The van der Waals surface area contributed by atoms with Gasteiger partial charge in [-0.15, -0.1) is 15.3 Å². The van der Waals surface area contributed by atoms with Crippen molar-refractivity contribution in [3.63, 3.8) is 0 Å². The van der Waals surface area contributed by atoms with Gasteiger partial charge < -0.3 is 9.84 Å². The average Bonchev–Trinajstić information content (AvgIpc) is 2.68. The van der Waals surface area contributed by atoms with Crippen LogP contribution in [0.2, 0.25) is 0 Å². The zero-order valence-corrected chi connectivity index (χ0v) is 8.62. The number of hydrogen-bond acceptors (Lipinski definition) is 5. The molecule has 2 heterocycles. The van der Waals surface area contributed by atoms with Gasteiger partial charge in [0.1, 0.15) is 0 Å². The van der Waals surface area contributed by atoms with Crippen molar-refractivity contribution in [2.75, 3.05) is 7.11 Å². The van der Waals surface area contributed by atoms with Gasteiger partial charge in [-0.2, -0.15) is 4.52 Å². The summed E-state index contributed by atoms with van der Waals surface area (Å²) in [7, 11) is 1.51. The molecule has 0 amide bonds. The van der Waals surface area contributed by atoms with Gasteiger partial charge in [-0.25, -0.2) is 0 Å². The van der Waals surface area contributed by atoms with E-state index in [1.54, 1.807) is 12.1 Å². The zero-order chi connectivity index (χ0) is 11.5. The topological polar surface area (TPSA) is 89.6 Å². The molecule has 1 N–H and O–H groups in total. The molecular formula is C9H10N4O3. The smallest absolute Gasteiger partial charge is 0.303 e. The second kappa shape index (κ2) is 4.13. The van der Waals surface area contributed by atoms with Crippen LogP contribution in [0.25, 0.3) is 5.65 Å². The van der Waals surface area contributed by atoms with Crippen LogP contribution in [0.15, 0.2) is 12.1 Å². The normalized spacial score (nSPS) is 10.6. The van der Waals surface area contributed by atoms with E-state index in [1.807, 2.05) is 0 Å². The molecule has 2 rings (SSSR count). The van der Waals surface area contributed by atoms with Crippen LogP contribution in [0.3, 0.4) is 0 Å². The summed E-state index contributed by atoms with van der Waals surface area (Å²) < 4.78 is 6.46. The van der Waals surface area contributed by atoms with Gasteiger partial charge in [-0.05, 0) is 6.07 Å². The molecule has 0 saturated heterocycles. The molecule has 2 aromatic heterocycles. The van der Waals surface area contributed by atoms with Gasteiger partial charge in [0.05, 0.1) is 13.5 Å². The summed E-state index contributed by atoms with van der Waals surface area (Å²) in [6.45, 7) is 0. The minimum atomic E-state index is -0.875. The van der Waals surface area contributed by atoms with Crippen LogP contribution in [0, 0.1) is 0 Å². The summed E-state index contributed by atoms with van der Waals surface area (Å²) in [4.78, 5) is 10.5. The highest BCUT2D eigenvalue weighted by molar-refractivity contribution is 5.66. The Bertz CT molecular complexity index is 522. The lowest BCUT2D eigenvalue weighted by Crippen LogP contribution is -2.04. The van der Waals surface area contributed by atoms with Gasteiger partial charge in [0.2, 0.25) is 5.88 Å². The SMILES string of the molecule is COc1ccc2nnc(CCC(=O)O)n2n1. The number of aromatic nitrogens is 4. The molecule has 0 aromatic carbocycles. The number of nitrogens with zero attached hydrogens (tertiary/aromatic N) is 4. The van der Waals surface area contributed by atoms with E-state index in [0.29, 0.717) is 17.4 Å². The molecule has 0 aliphatic heterocycles. The minimum Gasteiger partial charge on any atom is -0.481 e. The third-order valence-electron chi connectivity index (χ3n) is 2.07. The van der Waals surface area contributed by atoms with Crippen LogP contribution in [-0.4, -0.2) is 38.0 Å². The fourth-order valence-corrected chi connectivity index (χ4v) is 1.30. The van der Waals surface area contributed by atoms with Crippen molar-refractivity contribution >= 4 is 11.6 Å². The summed E-state index contributed by atoms with van der Waals surface area (Å²) in [6.07, 6.45) is 0.288. The number of methoxy groups -OCH3 is 1. The molecule has 0 aliphatic carbocycles. The van der Waals surface area contributed by atoms with E-state index in [9.17, 15) is 4.79 Å². The second-order valence-corrected chi connectivity index (χ2v) is 3.16. The number of aliphatic carboxylic acids is 1. The van der Waals surface area contributed by atoms with E-state index in [-0.39, 0.29) is 12.8 Å². The average molecular weight is 222 g/mol. The predicted octanol–water partition coefficient (Wildman–Crippen LogP) is 0.150. The zero-order valence-electron chi connectivity index (χ0n) is 8.62.